The Balaban J connectivity index is 4.46. The number of hydrogen-bond acceptors (Lipinski definition) is 2. The number of carbonyl (C=O) groups excluding carboxylic acids is 1. The molecule has 1 amide bonds. The molecule has 0 heterocycles. The van der Waals surface area contributed by atoms with Gasteiger partial charge in [0.15, 0.2) is 0 Å². The van der Waals surface area contributed by atoms with E-state index < -0.39 is 8.32 Å². The average molecular weight is 231 g/mol. The Bertz CT molecular complexity index is 181. The van der Waals surface area contributed by atoms with Crippen molar-refractivity contribution in [3.8, 4) is 0 Å². The molecule has 0 spiro atoms. The van der Waals surface area contributed by atoms with Gasteiger partial charge in [0.2, 0.25) is 0 Å². The summed E-state index contributed by atoms with van der Waals surface area (Å²) in [6.07, 6.45) is -0.114. The molecule has 3 nitrogen and oxygen atoms in total. The normalized spacial score (nSPS) is 11.3. The smallest absolute Gasteiger partial charge is 0.396 e. The van der Waals surface area contributed by atoms with Crippen LogP contribution in [0, 0.1) is 0 Å². The Labute approximate surface area is 94.9 Å². The molecule has 4 heteroatoms. The van der Waals surface area contributed by atoms with E-state index in [0.29, 0.717) is 0 Å². The summed E-state index contributed by atoms with van der Waals surface area (Å²) in [4.78, 5) is 13.6. The van der Waals surface area contributed by atoms with Gasteiger partial charge in [-0.15, -0.1) is 0 Å². The number of hydrogen-bond donors (Lipinski definition) is 0. The molecule has 0 aromatic heterocycles. The fourth-order valence-corrected chi connectivity index (χ4v) is 4.13. The lowest BCUT2D eigenvalue weighted by Crippen LogP contribution is -2.43. The molecular formula is C11H25NO2Si. The Morgan fingerprint density at radius 1 is 1.00 bits per heavy atom. The summed E-state index contributed by atoms with van der Waals surface area (Å²) < 4.78 is 5.76. The van der Waals surface area contributed by atoms with Crippen molar-refractivity contribution in [2.24, 2.45) is 0 Å². The van der Waals surface area contributed by atoms with Gasteiger partial charge in [-0.25, -0.2) is 4.79 Å². The van der Waals surface area contributed by atoms with Crippen molar-refractivity contribution in [3.63, 3.8) is 0 Å². The highest BCUT2D eigenvalue weighted by Gasteiger charge is 2.33. The third-order valence-electron chi connectivity index (χ3n) is 3.26. The minimum atomic E-state index is -1.77. The van der Waals surface area contributed by atoms with Crippen molar-refractivity contribution in [2.75, 3.05) is 13.1 Å². The SMILES string of the molecule is CCN(CC)C(=O)O[Si](CC)(CC)CC. The molecule has 15 heavy (non-hydrogen) atoms. The van der Waals surface area contributed by atoms with E-state index in [1.54, 1.807) is 4.90 Å². The molecule has 0 aliphatic rings. The monoisotopic (exact) mass is 231 g/mol. The molecule has 0 fully saturated rings. The second-order valence-corrected chi connectivity index (χ2v) is 8.48. The lowest BCUT2D eigenvalue weighted by Gasteiger charge is -2.30. The van der Waals surface area contributed by atoms with Crippen LogP contribution >= 0.6 is 0 Å². The van der Waals surface area contributed by atoms with Crippen molar-refractivity contribution < 1.29 is 9.22 Å². The highest BCUT2D eigenvalue weighted by Crippen LogP contribution is 2.22. The van der Waals surface area contributed by atoms with E-state index in [2.05, 4.69) is 20.8 Å². The molecule has 0 saturated carbocycles. The first kappa shape index (κ1) is 14.5. The van der Waals surface area contributed by atoms with Crippen LogP contribution in [0.2, 0.25) is 18.1 Å². The van der Waals surface area contributed by atoms with Crippen LogP contribution in [0.1, 0.15) is 34.6 Å². The maximum Gasteiger partial charge on any atom is 0.396 e. The van der Waals surface area contributed by atoms with E-state index in [1.165, 1.54) is 0 Å². The standard InChI is InChI=1S/C11H25NO2Si/c1-6-12(7-2)11(13)14-15(8-3,9-4)10-5/h6-10H2,1-5H3. The summed E-state index contributed by atoms with van der Waals surface area (Å²) >= 11 is 0. The Morgan fingerprint density at radius 3 is 1.67 bits per heavy atom. The Hall–Kier alpha value is -0.513. The van der Waals surface area contributed by atoms with Gasteiger partial charge < -0.3 is 9.33 Å². The van der Waals surface area contributed by atoms with Crippen molar-refractivity contribution in [1.82, 2.24) is 4.90 Å². The van der Waals surface area contributed by atoms with E-state index in [-0.39, 0.29) is 6.09 Å². The van der Waals surface area contributed by atoms with Gasteiger partial charge >= 0.3 is 6.09 Å². The summed E-state index contributed by atoms with van der Waals surface area (Å²) in [5.74, 6) is 0. The second kappa shape index (κ2) is 6.88. The van der Waals surface area contributed by atoms with Gasteiger partial charge in [0, 0.05) is 13.1 Å². The second-order valence-electron chi connectivity index (χ2n) is 3.78. The number of carbonyl (C=O) groups is 1. The zero-order chi connectivity index (χ0) is 11.9. The van der Waals surface area contributed by atoms with Crippen molar-refractivity contribution in [2.45, 2.75) is 52.8 Å². The van der Waals surface area contributed by atoms with Gasteiger partial charge in [-0.1, -0.05) is 20.8 Å². The molecule has 0 aliphatic carbocycles. The molecule has 0 bridgehead atoms. The highest BCUT2D eigenvalue weighted by atomic mass is 28.4. The quantitative estimate of drug-likeness (QED) is 0.655. The van der Waals surface area contributed by atoms with Crippen LogP contribution < -0.4 is 0 Å². The van der Waals surface area contributed by atoms with Gasteiger partial charge in [0.1, 0.15) is 0 Å². The summed E-state index contributed by atoms with van der Waals surface area (Å²) in [7, 11) is -1.77. The molecule has 0 aromatic rings. The van der Waals surface area contributed by atoms with Crippen LogP contribution in [0.25, 0.3) is 0 Å². The Kier molecular flexibility index (Phi) is 6.64. The first-order valence-corrected chi connectivity index (χ1v) is 8.59. The van der Waals surface area contributed by atoms with E-state index in [9.17, 15) is 4.79 Å². The van der Waals surface area contributed by atoms with Gasteiger partial charge in [0.05, 0.1) is 0 Å². The van der Waals surface area contributed by atoms with E-state index in [1.807, 2.05) is 13.8 Å². The van der Waals surface area contributed by atoms with E-state index >= 15 is 0 Å². The molecule has 0 aromatic carbocycles. The fourth-order valence-electron chi connectivity index (χ4n) is 1.70. The molecule has 0 rings (SSSR count). The van der Waals surface area contributed by atoms with Gasteiger partial charge in [-0.2, -0.15) is 0 Å². The number of nitrogens with zero attached hydrogens (tertiary/aromatic N) is 1. The molecule has 0 unspecified atom stereocenters. The van der Waals surface area contributed by atoms with Crippen molar-refractivity contribution in [3.05, 3.63) is 0 Å². The summed E-state index contributed by atoms with van der Waals surface area (Å²) in [6.45, 7) is 11.8. The largest absolute Gasteiger partial charge is 0.503 e. The average Bonchev–Trinajstić information content (AvgIpc) is 2.28. The minimum absolute atomic E-state index is 0.114. The highest BCUT2D eigenvalue weighted by molar-refractivity contribution is 6.74. The van der Waals surface area contributed by atoms with Crippen LogP contribution in [-0.2, 0) is 4.43 Å². The molecule has 90 valence electrons. The topological polar surface area (TPSA) is 29.5 Å². The van der Waals surface area contributed by atoms with Gasteiger partial charge in [-0.05, 0) is 32.0 Å². The molecule has 0 aliphatic heterocycles. The predicted octanol–water partition coefficient (Wildman–Crippen LogP) is 3.47. The van der Waals surface area contributed by atoms with Gasteiger partial charge in [-0.3, -0.25) is 0 Å². The van der Waals surface area contributed by atoms with Crippen LogP contribution in [-0.4, -0.2) is 32.4 Å². The Morgan fingerprint density at radius 2 is 1.40 bits per heavy atom. The van der Waals surface area contributed by atoms with E-state index in [0.717, 1.165) is 31.2 Å². The number of amides is 1. The van der Waals surface area contributed by atoms with Crippen LogP contribution in [0.5, 0.6) is 0 Å². The maximum absolute atomic E-state index is 11.8. The van der Waals surface area contributed by atoms with Crippen LogP contribution in [0.15, 0.2) is 0 Å². The molecular weight excluding hydrogens is 206 g/mol. The third kappa shape index (κ3) is 3.85. The molecule has 0 atom stereocenters. The minimum Gasteiger partial charge on any atom is -0.503 e. The fraction of sp³-hybridized carbons (Fsp3) is 0.909. The van der Waals surface area contributed by atoms with Gasteiger partial charge in [0.25, 0.3) is 8.32 Å². The number of rotatable bonds is 6. The first-order valence-electron chi connectivity index (χ1n) is 6.06. The molecule has 0 radical (unpaired) electrons. The van der Waals surface area contributed by atoms with Crippen LogP contribution in [0.4, 0.5) is 4.79 Å². The molecule has 0 N–H and O–H groups in total. The summed E-state index contributed by atoms with van der Waals surface area (Å²) in [5, 5.41) is 0. The molecule has 0 saturated heterocycles. The summed E-state index contributed by atoms with van der Waals surface area (Å²) in [6, 6.07) is 3.06. The summed E-state index contributed by atoms with van der Waals surface area (Å²) in [5.41, 5.74) is 0. The third-order valence-corrected chi connectivity index (χ3v) is 7.73. The zero-order valence-electron chi connectivity index (χ0n) is 10.8. The van der Waals surface area contributed by atoms with Crippen LogP contribution in [0.3, 0.4) is 0 Å². The maximum atomic E-state index is 11.8. The lowest BCUT2D eigenvalue weighted by molar-refractivity contribution is 0.153. The predicted molar refractivity (Wildman–Crippen MR) is 66.6 cm³/mol. The zero-order valence-corrected chi connectivity index (χ0v) is 11.8. The van der Waals surface area contributed by atoms with E-state index in [4.69, 9.17) is 4.43 Å². The van der Waals surface area contributed by atoms with Crippen molar-refractivity contribution >= 4 is 14.4 Å². The lowest BCUT2D eigenvalue weighted by atomic mass is 10.6. The van der Waals surface area contributed by atoms with Crippen molar-refractivity contribution in [1.29, 1.82) is 0 Å². The first-order chi connectivity index (χ1) is 7.09.